The minimum absolute atomic E-state index is 0.0331. The second-order valence-electron chi connectivity index (χ2n) is 6.27. The molecule has 0 aliphatic rings. The number of halogens is 2. The number of guanidine groups is 1. The number of methoxy groups -OCH3 is 1. The first-order valence-electron chi connectivity index (χ1n) is 9.02. The van der Waals surface area contributed by atoms with Gasteiger partial charge in [-0.25, -0.2) is 4.99 Å². The van der Waals surface area contributed by atoms with Crippen LogP contribution in [0.15, 0.2) is 33.8 Å². The van der Waals surface area contributed by atoms with Crippen molar-refractivity contribution in [1.82, 2.24) is 15.8 Å². The number of aliphatic imine (C=N–C) groups is 1. The molecule has 9 heteroatoms. The number of benzene rings is 1. The van der Waals surface area contributed by atoms with Crippen LogP contribution in [0.4, 0.5) is 8.78 Å². The van der Waals surface area contributed by atoms with Gasteiger partial charge in [-0.15, -0.1) is 0 Å². The smallest absolute Gasteiger partial charge is 0.387 e. The lowest BCUT2D eigenvalue weighted by molar-refractivity contribution is -0.0505. The summed E-state index contributed by atoms with van der Waals surface area (Å²) in [5.74, 6) is 1.94. The maximum Gasteiger partial charge on any atom is 0.387 e. The molecule has 7 nitrogen and oxygen atoms in total. The van der Waals surface area contributed by atoms with Crippen LogP contribution in [0.25, 0.3) is 0 Å². The third-order valence-electron chi connectivity index (χ3n) is 3.84. The molecule has 1 aromatic carbocycles. The lowest BCUT2D eigenvalue weighted by Gasteiger charge is -2.13. The van der Waals surface area contributed by atoms with Crippen molar-refractivity contribution in [3.05, 3.63) is 41.3 Å². The van der Waals surface area contributed by atoms with Crippen LogP contribution in [0.1, 0.15) is 43.7 Å². The maximum absolute atomic E-state index is 12.7. The van der Waals surface area contributed by atoms with Gasteiger partial charge in [0, 0.05) is 24.2 Å². The highest BCUT2D eigenvalue weighted by Crippen LogP contribution is 2.27. The van der Waals surface area contributed by atoms with Gasteiger partial charge in [-0.2, -0.15) is 8.78 Å². The Morgan fingerprint density at radius 1 is 1.25 bits per heavy atom. The molecular formula is C19H26F2N4O3. The third-order valence-corrected chi connectivity index (χ3v) is 3.84. The van der Waals surface area contributed by atoms with Gasteiger partial charge in [0.15, 0.2) is 11.7 Å². The number of aromatic nitrogens is 1. The fourth-order valence-electron chi connectivity index (χ4n) is 2.36. The first kappa shape index (κ1) is 21.5. The Bertz CT molecular complexity index is 778. The van der Waals surface area contributed by atoms with Crippen LogP contribution in [0, 0.1) is 0 Å². The predicted molar refractivity (Wildman–Crippen MR) is 102 cm³/mol. The molecule has 2 rings (SSSR count). The van der Waals surface area contributed by atoms with Crippen LogP contribution in [0.2, 0.25) is 0 Å². The van der Waals surface area contributed by atoms with Gasteiger partial charge >= 0.3 is 6.61 Å². The molecule has 0 radical (unpaired) electrons. The second-order valence-corrected chi connectivity index (χ2v) is 6.27. The lowest BCUT2D eigenvalue weighted by Crippen LogP contribution is -2.36. The van der Waals surface area contributed by atoms with E-state index in [9.17, 15) is 8.78 Å². The summed E-state index contributed by atoms with van der Waals surface area (Å²) in [4.78, 5) is 4.43. The Morgan fingerprint density at radius 2 is 2.04 bits per heavy atom. The summed E-state index contributed by atoms with van der Waals surface area (Å²) >= 11 is 0. The molecular weight excluding hydrogens is 370 g/mol. The molecule has 2 aromatic rings. The van der Waals surface area contributed by atoms with E-state index in [0.717, 1.165) is 5.69 Å². The summed E-state index contributed by atoms with van der Waals surface area (Å²) in [6, 6.07) is 6.62. The van der Waals surface area contributed by atoms with Crippen molar-refractivity contribution < 1.29 is 22.8 Å². The molecule has 0 saturated heterocycles. The molecule has 0 amide bonds. The largest absolute Gasteiger partial charge is 0.497 e. The summed E-state index contributed by atoms with van der Waals surface area (Å²) in [5.41, 5.74) is 1.39. The molecule has 2 N–H and O–H groups in total. The average Bonchev–Trinajstić information content (AvgIpc) is 3.13. The minimum atomic E-state index is -2.93. The van der Waals surface area contributed by atoms with E-state index in [0.29, 0.717) is 36.1 Å². The Labute approximate surface area is 163 Å². The van der Waals surface area contributed by atoms with Crippen molar-refractivity contribution in [3.8, 4) is 11.5 Å². The van der Waals surface area contributed by atoms with Gasteiger partial charge in [-0.05, 0) is 25.0 Å². The highest BCUT2D eigenvalue weighted by atomic mass is 19.3. The van der Waals surface area contributed by atoms with Gasteiger partial charge < -0.3 is 24.6 Å². The summed E-state index contributed by atoms with van der Waals surface area (Å²) in [6.07, 6.45) is 0. The standard InChI is InChI=1S/C19H26F2N4O3/c1-5-22-19(24-11-15-8-16(12(2)3)25-28-15)23-10-13-6-7-14(26-4)9-17(13)27-18(20)21/h6-9,12,18H,5,10-11H2,1-4H3,(H2,22,23,24). The number of nitrogens with zero attached hydrogens (tertiary/aromatic N) is 2. The van der Waals surface area contributed by atoms with E-state index in [1.165, 1.54) is 13.2 Å². The van der Waals surface area contributed by atoms with Crippen molar-refractivity contribution >= 4 is 5.96 Å². The molecule has 1 aromatic heterocycles. The Kier molecular flexibility index (Phi) is 8.03. The van der Waals surface area contributed by atoms with E-state index in [4.69, 9.17) is 9.26 Å². The molecule has 0 aliphatic carbocycles. The molecule has 154 valence electrons. The number of alkyl halides is 2. The van der Waals surface area contributed by atoms with Gasteiger partial charge in [0.1, 0.15) is 11.5 Å². The maximum atomic E-state index is 12.7. The molecule has 0 bridgehead atoms. The average molecular weight is 396 g/mol. The van der Waals surface area contributed by atoms with Crippen molar-refractivity contribution in [2.45, 2.75) is 46.4 Å². The molecule has 0 atom stereocenters. The van der Waals surface area contributed by atoms with Crippen LogP contribution in [0.3, 0.4) is 0 Å². The summed E-state index contributed by atoms with van der Waals surface area (Å²) in [5, 5.41) is 10.2. The topological polar surface area (TPSA) is 80.9 Å². The highest BCUT2D eigenvalue weighted by molar-refractivity contribution is 5.79. The van der Waals surface area contributed by atoms with Crippen LogP contribution in [-0.4, -0.2) is 31.4 Å². The number of rotatable bonds is 9. The molecule has 0 unspecified atom stereocenters. The molecule has 1 heterocycles. The van der Waals surface area contributed by atoms with Gasteiger partial charge in [0.25, 0.3) is 0 Å². The van der Waals surface area contributed by atoms with Crippen LogP contribution in [0.5, 0.6) is 11.5 Å². The summed E-state index contributed by atoms with van der Waals surface area (Å²) < 4.78 is 40.3. The first-order chi connectivity index (χ1) is 13.4. The van der Waals surface area contributed by atoms with E-state index in [1.54, 1.807) is 12.1 Å². The van der Waals surface area contributed by atoms with E-state index in [-0.39, 0.29) is 18.2 Å². The van der Waals surface area contributed by atoms with Crippen molar-refractivity contribution in [3.63, 3.8) is 0 Å². The third kappa shape index (κ3) is 6.40. The number of nitrogens with one attached hydrogen (secondary N) is 2. The van der Waals surface area contributed by atoms with Crippen molar-refractivity contribution in [1.29, 1.82) is 0 Å². The normalized spacial score (nSPS) is 11.8. The molecule has 28 heavy (non-hydrogen) atoms. The van der Waals surface area contributed by atoms with E-state index < -0.39 is 6.61 Å². The SMILES string of the molecule is CCNC(=NCc1ccc(OC)cc1OC(F)F)NCc1cc(C(C)C)no1. The van der Waals surface area contributed by atoms with Gasteiger partial charge in [0.2, 0.25) is 0 Å². The fraction of sp³-hybridized carbons (Fsp3) is 0.474. The number of hydrogen-bond donors (Lipinski definition) is 2. The molecule has 0 fully saturated rings. The monoisotopic (exact) mass is 396 g/mol. The van der Waals surface area contributed by atoms with Gasteiger partial charge in [-0.3, -0.25) is 0 Å². The molecule has 0 saturated carbocycles. The predicted octanol–water partition coefficient (Wildman–Crippen LogP) is 3.66. The number of ether oxygens (including phenoxy) is 2. The van der Waals surface area contributed by atoms with E-state index in [2.05, 4.69) is 25.5 Å². The zero-order valence-corrected chi connectivity index (χ0v) is 16.5. The zero-order valence-electron chi connectivity index (χ0n) is 16.5. The lowest BCUT2D eigenvalue weighted by atomic mass is 10.1. The minimum Gasteiger partial charge on any atom is -0.497 e. The van der Waals surface area contributed by atoms with Crippen LogP contribution in [-0.2, 0) is 13.1 Å². The van der Waals surface area contributed by atoms with E-state index in [1.807, 2.05) is 26.8 Å². The van der Waals surface area contributed by atoms with E-state index >= 15 is 0 Å². The van der Waals surface area contributed by atoms with Crippen molar-refractivity contribution in [2.75, 3.05) is 13.7 Å². The molecule has 0 aliphatic heterocycles. The van der Waals surface area contributed by atoms with Crippen LogP contribution < -0.4 is 20.1 Å². The Balaban J connectivity index is 2.08. The van der Waals surface area contributed by atoms with Gasteiger partial charge in [-0.1, -0.05) is 19.0 Å². The first-order valence-corrected chi connectivity index (χ1v) is 9.02. The second kappa shape index (κ2) is 10.5. The fourth-order valence-corrected chi connectivity index (χ4v) is 2.36. The summed E-state index contributed by atoms with van der Waals surface area (Å²) in [6.45, 7) is 4.26. The quantitative estimate of drug-likeness (QED) is 0.497. The highest BCUT2D eigenvalue weighted by Gasteiger charge is 2.12. The zero-order chi connectivity index (χ0) is 20.5. The van der Waals surface area contributed by atoms with Crippen molar-refractivity contribution in [2.24, 2.45) is 4.99 Å². The summed E-state index contributed by atoms with van der Waals surface area (Å²) in [7, 11) is 1.46. The van der Waals surface area contributed by atoms with Gasteiger partial charge in [0.05, 0.1) is 25.9 Å². The number of hydrogen-bond acceptors (Lipinski definition) is 5. The van der Waals surface area contributed by atoms with Crippen LogP contribution >= 0.6 is 0 Å². The Morgan fingerprint density at radius 3 is 2.64 bits per heavy atom. The molecule has 0 spiro atoms. The Hall–Kier alpha value is -2.84.